The third-order valence-corrected chi connectivity index (χ3v) is 6.81. The molecule has 0 radical (unpaired) electrons. The molecule has 1 unspecified atom stereocenters. The molecular formula is C12H19NO3S2. The van der Waals surface area contributed by atoms with Gasteiger partial charge in [-0.3, -0.25) is 4.21 Å². The third kappa shape index (κ3) is 3.81. The molecule has 0 amide bonds. The van der Waals surface area contributed by atoms with Crippen LogP contribution < -0.4 is 5.73 Å². The van der Waals surface area contributed by atoms with Crippen LogP contribution in [0.15, 0.2) is 29.2 Å². The molecule has 0 heterocycles. The fraction of sp³-hybridized carbons (Fsp3) is 0.500. The Balaban J connectivity index is 2.74. The lowest BCUT2D eigenvalue weighted by molar-refractivity contribution is 0.561. The Morgan fingerprint density at radius 2 is 1.89 bits per heavy atom. The van der Waals surface area contributed by atoms with Crippen molar-refractivity contribution in [1.82, 2.24) is 0 Å². The second-order valence-corrected chi connectivity index (χ2v) is 9.49. The summed E-state index contributed by atoms with van der Waals surface area (Å²) in [4.78, 5) is 0.569. The summed E-state index contributed by atoms with van der Waals surface area (Å²) in [6.45, 7) is 4.93. The highest BCUT2D eigenvalue weighted by Gasteiger charge is 2.29. The molecule has 6 heteroatoms. The molecule has 0 aliphatic heterocycles. The summed E-state index contributed by atoms with van der Waals surface area (Å²) in [6, 6.07) is 6.71. The predicted molar refractivity (Wildman–Crippen MR) is 75.7 cm³/mol. The van der Waals surface area contributed by atoms with Gasteiger partial charge in [-0.2, -0.15) is 0 Å². The van der Waals surface area contributed by atoms with E-state index in [0.29, 0.717) is 10.6 Å². The monoisotopic (exact) mass is 289 g/mol. The minimum Gasteiger partial charge on any atom is -0.399 e. The highest BCUT2D eigenvalue weighted by Crippen LogP contribution is 2.17. The first kappa shape index (κ1) is 15.2. The average molecular weight is 289 g/mol. The van der Waals surface area contributed by atoms with Crippen LogP contribution in [0.2, 0.25) is 0 Å². The lowest BCUT2D eigenvalue weighted by Gasteiger charge is -2.18. The number of nitrogens with two attached hydrogens (primary N) is 1. The van der Waals surface area contributed by atoms with Gasteiger partial charge in [0.2, 0.25) is 0 Å². The maximum absolute atomic E-state index is 12.0. The van der Waals surface area contributed by atoms with Gasteiger partial charge in [-0.25, -0.2) is 8.42 Å². The van der Waals surface area contributed by atoms with Crippen LogP contribution in [0.4, 0.5) is 5.69 Å². The standard InChI is InChI=1S/C12H19NO3S2/c1-12(2,3)18(15,16)8-7-17(14)11-6-4-5-10(13)9-11/h4-6,9H,7-8,13H2,1-3H3. The van der Waals surface area contributed by atoms with Gasteiger partial charge in [0.25, 0.3) is 0 Å². The van der Waals surface area contributed by atoms with Crippen molar-refractivity contribution < 1.29 is 12.6 Å². The van der Waals surface area contributed by atoms with Crippen LogP contribution in [0, 0.1) is 0 Å². The second-order valence-electron chi connectivity index (χ2n) is 5.05. The van der Waals surface area contributed by atoms with Crippen molar-refractivity contribution in [3.05, 3.63) is 24.3 Å². The first-order valence-corrected chi connectivity index (χ1v) is 8.57. The normalized spacial score (nSPS) is 14.4. The zero-order valence-corrected chi connectivity index (χ0v) is 12.5. The molecule has 4 nitrogen and oxygen atoms in total. The summed E-state index contributed by atoms with van der Waals surface area (Å²) in [5, 5.41) is 0. The minimum atomic E-state index is -3.24. The molecule has 0 aromatic heterocycles. The van der Waals surface area contributed by atoms with Crippen molar-refractivity contribution in [1.29, 1.82) is 0 Å². The highest BCUT2D eigenvalue weighted by atomic mass is 32.2. The van der Waals surface area contributed by atoms with Gasteiger partial charge in [-0.05, 0) is 39.0 Å². The second kappa shape index (κ2) is 5.40. The summed E-state index contributed by atoms with van der Waals surface area (Å²) in [6.07, 6.45) is 0. The van der Waals surface area contributed by atoms with E-state index in [9.17, 15) is 12.6 Å². The molecule has 0 bridgehead atoms. The van der Waals surface area contributed by atoms with Crippen molar-refractivity contribution in [2.45, 2.75) is 30.4 Å². The van der Waals surface area contributed by atoms with Gasteiger partial charge in [0, 0.05) is 16.3 Å². The third-order valence-electron chi connectivity index (χ3n) is 2.59. The number of sulfone groups is 1. The van der Waals surface area contributed by atoms with Crippen molar-refractivity contribution in [3.63, 3.8) is 0 Å². The largest absolute Gasteiger partial charge is 0.399 e. The molecule has 1 aromatic rings. The van der Waals surface area contributed by atoms with Crippen molar-refractivity contribution >= 4 is 26.3 Å². The number of anilines is 1. The smallest absolute Gasteiger partial charge is 0.156 e. The number of hydrogen-bond donors (Lipinski definition) is 1. The molecule has 0 saturated carbocycles. The van der Waals surface area contributed by atoms with E-state index in [4.69, 9.17) is 5.73 Å². The molecule has 1 aromatic carbocycles. The zero-order valence-electron chi connectivity index (χ0n) is 10.8. The fourth-order valence-corrected chi connectivity index (χ4v) is 4.09. The summed E-state index contributed by atoms with van der Waals surface area (Å²) < 4.78 is 34.9. The molecular weight excluding hydrogens is 270 g/mol. The molecule has 0 saturated heterocycles. The van der Waals surface area contributed by atoms with Gasteiger partial charge in [0.05, 0.1) is 21.3 Å². The number of benzene rings is 1. The highest BCUT2D eigenvalue weighted by molar-refractivity contribution is 7.94. The Morgan fingerprint density at radius 1 is 1.28 bits per heavy atom. The Morgan fingerprint density at radius 3 is 2.39 bits per heavy atom. The van der Waals surface area contributed by atoms with E-state index >= 15 is 0 Å². The molecule has 1 atom stereocenters. The lowest BCUT2D eigenvalue weighted by Crippen LogP contribution is -2.32. The van der Waals surface area contributed by atoms with Gasteiger partial charge in [-0.1, -0.05) is 6.07 Å². The Hall–Kier alpha value is -0.880. The molecule has 1 rings (SSSR count). The number of hydrogen-bond acceptors (Lipinski definition) is 4. The van der Waals surface area contributed by atoms with Crippen LogP contribution >= 0.6 is 0 Å². The van der Waals surface area contributed by atoms with Crippen LogP contribution in [0.3, 0.4) is 0 Å². The summed E-state index contributed by atoms with van der Waals surface area (Å²) in [5.74, 6) is 0.0148. The first-order valence-electron chi connectivity index (χ1n) is 5.60. The van der Waals surface area contributed by atoms with Gasteiger partial charge >= 0.3 is 0 Å². The van der Waals surface area contributed by atoms with Gasteiger partial charge in [0.1, 0.15) is 0 Å². The summed E-state index contributed by atoms with van der Waals surface area (Å²) >= 11 is 0. The van der Waals surface area contributed by atoms with Gasteiger partial charge < -0.3 is 5.73 Å². The van der Waals surface area contributed by atoms with Crippen molar-refractivity contribution in [2.75, 3.05) is 17.2 Å². The SMILES string of the molecule is CC(C)(C)S(=O)(=O)CCS(=O)c1cccc(N)c1. The predicted octanol–water partition coefficient (Wildman–Crippen LogP) is 1.59. The van der Waals surface area contributed by atoms with E-state index in [0.717, 1.165) is 0 Å². The molecule has 0 fully saturated rings. The number of rotatable bonds is 4. The molecule has 18 heavy (non-hydrogen) atoms. The Kier molecular flexibility index (Phi) is 4.55. The van der Waals surface area contributed by atoms with Crippen molar-refractivity contribution in [3.8, 4) is 0 Å². The van der Waals surface area contributed by atoms with E-state index in [2.05, 4.69) is 0 Å². The summed E-state index contributed by atoms with van der Waals surface area (Å²) in [5.41, 5.74) is 6.12. The van der Waals surface area contributed by atoms with Crippen LogP contribution in [-0.4, -0.2) is 28.9 Å². The Labute approximate surface area is 111 Å². The number of nitrogen functional groups attached to an aromatic ring is 1. The van der Waals surface area contributed by atoms with Crippen LogP contribution in [-0.2, 0) is 20.6 Å². The average Bonchev–Trinajstić information content (AvgIpc) is 2.24. The maximum Gasteiger partial charge on any atom is 0.156 e. The molecule has 0 aliphatic carbocycles. The van der Waals surface area contributed by atoms with Crippen LogP contribution in [0.25, 0.3) is 0 Å². The lowest BCUT2D eigenvalue weighted by atomic mass is 10.3. The van der Waals surface area contributed by atoms with E-state index < -0.39 is 25.4 Å². The molecule has 2 N–H and O–H groups in total. The quantitative estimate of drug-likeness (QED) is 0.854. The van der Waals surface area contributed by atoms with Gasteiger partial charge in [-0.15, -0.1) is 0 Å². The summed E-state index contributed by atoms with van der Waals surface area (Å²) in [7, 11) is -4.57. The molecule has 102 valence electrons. The van der Waals surface area contributed by atoms with E-state index in [1.807, 2.05) is 0 Å². The van der Waals surface area contributed by atoms with E-state index in [1.165, 1.54) is 0 Å². The zero-order chi connectivity index (χ0) is 14.0. The minimum absolute atomic E-state index is 0.0854. The molecule has 0 spiro atoms. The maximum atomic E-state index is 12.0. The first-order chi connectivity index (χ1) is 8.13. The van der Waals surface area contributed by atoms with Crippen molar-refractivity contribution in [2.24, 2.45) is 0 Å². The van der Waals surface area contributed by atoms with Crippen LogP contribution in [0.5, 0.6) is 0 Å². The van der Waals surface area contributed by atoms with E-state index in [1.54, 1.807) is 45.0 Å². The van der Waals surface area contributed by atoms with Crippen LogP contribution in [0.1, 0.15) is 20.8 Å². The Bertz CT molecular complexity index is 545. The van der Waals surface area contributed by atoms with Gasteiger partial charge in [0.15, 0.2) is 9.84 Å². The fourth-order valence-electron chi connectivity index (χ4n) is 1.27. The topological polar surface area (TPSA) is 77.2 Å². The van der Waals surface area contributed by atoms with E-state index in [-0.39, 0.29) is 11.5 Å². The molecule has 0 aliphatic rings.